The number of hydrogen-bond acceptors (Lipinski definition) is 2. The van der Waals surface area contributed by atoms with E-state index in [1.165, 1.54) is 35.6 Å². The zero-order valence-corrected chi connectivity index (χ0v) is 10.7. The van der Waals surface area contributed by atoms with Crippen LogP contribution in [0.1, 0.15) is 30.9 Å². The maximum atomic E-state index is 6.32. The minimum Gasteiger partial charge on any atom is -0.497 e. The Morgan fingerprint density at radius 1 is 1.11 bits per heavy atom. The van der Waals surface area contributed by atoms with Gasteiger partial charge in [0.05, 0.1) is 7.11 Å². The highest BCUT2D eigenvalue weighted by molar-refractivity contribution is 5.84. The van der Waals surface area contributed by atoms with E-state index in [9.17, 15) is 0 Å². The second kappa shape index (κ2) is 4.62. The molecule has 18 heavy (non-hydrogen) atoms. The zero-order chi connectivity index (χ0) is 12.5. The van der Waals surface area contributed by atoms with E-state index < -0.39 is 0 Å². The molecule has 2 aromatic carbocycles. The van der Waals surface area contributed by atoms with Crippen LogP contribution in [0.2, 0.25) is 0 Å². The standard InChI is InChI=1S/C16H19NO/c1-18-15-8-7-12-9-14(6-5-13(12)10-15)16(17)11-3-2-4-11/h5-11,16H,2-4,17H2,1H3/t16-/m1/s1. The highest BCUT2D eigenvalue weighted by Gasteiger charge is 2.25. The fraction of sp³-hybridized carbons (Fsp3) is 0.375. The monoisotopic (exact) mass is 241 g/mol. The lowest BCUT2D eigenvalue weighted by molar-refractivity contribution is 0.264. The van der Waals surface area contributed by atoms with Gasteiger partial charge in [-0.1, -0.05) is 24.6 Å². The summed E-state index contributed by atoms with van der Waals surface area (Å²) < 4.78 is 5.24. The summed E-state index contributed by atoms with van der Waals surface area (Å²) in [7, 11) is 1.70. The minimum atomic E-state index is 0.199. The Bertz CT molecular complexity index is 560. The Balaban J connectivity index is 1.95. The van der Waals surface area contributed by atoms with Gasteiger partial charge in [0.25, 0.3) is 0 Å². The Kier molecular flexibility index (Phi) is 2.96. The molecule has 2 aromatic rings. The molecule has 0 heterocycles. The van der Waals surface area contributed by atoms with Crippen LogP contribution in [0.25, 0.3) is 10.8 Å². The molecule has 1 fully saturated rings. The molecule has 0 saturated heterocycles. The van der Waals surface area contributed by atoms with Gasteiger partial charge in [0.15, 0.2) is 0 Å². The van der Waals surface area contributed by atoms with Gasteiger partial charge in [-0.2, -0.15) is 0 Å². The third-order valence-electron chi connectivity index (χ3n) is 4.11. The van der Waals surface area contributed by atoms with Crippen LogP contribution in [0, 0.1) is 5.92 Å². The molecular formula is C16H19NO. The second-order valence-electron chi connectivity index (χ2n) is 5.19. The van der Waals surface area contributed by atoms with E-state index in [1.807, 2.05) is 6.07 Å². The van der Waals surface area contributed by atoms with Crippen LogP contribution in [-0.4, -0.2) is 7.11 Å². The summed E-state index contributed by atoms with van der Waals surface area (Å²) in [5, 5.41) is 2.45. The van der Waals surface area contributed by atoms with Crippen LogP contribution >= 0.6 is 0 Å². The first-order valence-electron chi connectivity index (χ1n) is 6.61. The quantitative estimate of drug-likeness (QED) is 0.890. The lowest BCUT2D eigenvalue weighted by Crippen LogP contribution is -2.26. The van der Waals surface area contributed by atoms with Crippen molar-refractivity contribution < 1.29 is 4.74 Å². The van der Waals surface area contributed by atoms with Gasteiger partial charge in [0.2, 0.25) is 0 Å². The fourth-order valence-corrected chi connectivity index (χ4v) is 2.65. The Labute approximate surface area is 108 Å². The summed E-state index contributed by atoms with van der Waals surface area (Å²) in [6.45, 7) is 0. The normalized spacial score (nSPS) is 17.4. The third-order valence-corrected chi connectivity index (χ3v) is 4.11. The molecule has 0 spiro atoms. The first kappa shape index (κ1) is 11.5. The molecule has 1 atom stereocenters. The van der Waals surface area contributed by atoms with E-state index in [-0.39, 0.29) is 6.04 Å². The van der Waals surface area contributed by atoms with Crippen molar-refractivity contribution in [3.63, 3.8) is 0 Å². The van der Waals surface area contributed by atoms with Crippen molar-refractivity contribution in [3.8, 4) is 5.75 Å². The smallest absolute Gasteiger partial charge is 0.119 e. The molecule has 0 amide bonds. The van der Waals surface area contributed by atoms with Gasteiger partial charge in [0.1, 0.15) is 5.75 Å². The number of hydrogen-bond donors (Lipinski definition) is 1. The van der Waals surface area contributed by atoms with Crippen LogP contribution in [0.5, 0.6) is 5.75 Å². The van der Waals surface area contributed by atoms with Gasteiger partial charge in [-0.15, -0.1) is 0 Å². The zero-order valence-electron chi connectivity index (χ0n) is 10.7. The number of fused-ring (bicyclic) bond motifs is 1. The molecule has 0 aromatic heterocycles. The van der Waals surface area contributed by atoms with Gasteiger partial charge >= 0.3 is 0 Å². The van der Waals surface area contributed by atoms with Gasteiger partial charge in [0, 0.05) is 6.04 Å². The molecule has 3 rings (SSSR count). The number of rotatable bonds is 3. The highest BCUT2D eigenvalue weighted by Crippen LogP contribution is 2.37. The number of methoxy groups -OCH3 is 1. The summed E-state index contributed by atoms with van der Waals surface area (Å²) in [5.74, 6) is 1.58. The van der Waals surface area contributed by atoms with Crippen LogP contribution in [0.4, 0.5) is 0 Å². The molecule has 0 radical (unpaired) electrons. The first-order chi connectivity index (χ1) is 8.78. The largest absolute Gasteiger partial charge is 0.497 e. The lowest BCUT2D eigenvalue weighted by Gasteiger charge is -2.31. The van der Waals surface area contributed by atoms with E-state index in [2.05, 4.69) is 30.3 Å². The van der Waals surface area contributed by atoms with Crippen molar-refractivity contribution in [2.45, 2.75) is 25.3 Å². The van der Waals surface area contributed by atoms with Gasteiger partial charge in [-0.25, -0.2) is 0 Å². The minimum absolute atomic E-state index is 0.199. The van der Waals surface area contributed by atoms with Gasteiger partial charge in [-0.05, 0) is 53.3 Å². The molecular weight excluding hydrogens is 222 g/mol. The molecule has 2 heteroatoms. The summed E-state index contributed by atoms with van der Waals surface area (Å²) in [6.07, 6.45) is 3.90. The van der Waals surface area contributed by atoms with Crippen molar-refractivity contribution in [1.82, 2.24) is 0 Å². The predicted molar refractivity (Wildman–Crippen MR) is 74.8 cm³/mol. The van der Waals surface area contributed by atoms with Crippen molar-refractivity contribution in [2.24, 2.45) is 11.7 Å². The SMILES string of the molecule is COc1ccc2cc([C@H](N)C3CCC3)ccc2c1. The summed E-state index contributed by atoms with van der Waals surface area (Å²) in [6, 6.07) is 12.9. The summed E-state index contributed by atoms with van der Waals surface area (Å²) in [5.41, 5.74) is 7.58. The maximum absolute atomic E-state index is 6.32. The Hall–Kier alpha value is -1.54. The summed E-state index contributed by atoms with van der Waals surface area (Å²) in [4.78, 5) is 0. The lowest BCUT2D eigenvalue weighted by atomic mass is 9.77. The van der Waals surface area contributed by atoms with Crippen molar-refractivity contribution >= 4 is 10.8 Å². The van der Waals surface area contributed by atoms with Crippen LogP contribution < -0.4 is 10.5 Å². The van der Waals surface area contributed by atoms with E-state index in [0.29, 0.717) is 5.92 Å². The topological polar surface area (TPSA) is 35.2 Å². The van der Waals surface area contributed by atoms with Crippen molar-refractivity contribution in [2.75, 3.05) is 7.11 Å². The maximum Gasteiger partial charge on any atom is 0.119 e. The summed E-state index contributed by atoms with van der Waals surface area (Å²) >= 11 is 0. The van der Waals surface area contributed by atoms with Crippen molar-refractivity contribution in [3.05, 3.63) is 42.0 Å². The first-order valence-corrected chi connectivity index (χ1v) is 6.61. The molecule has 1 saturated carbocycles. The van der Waals surface area contributed by atoms with Crippen LogP contribution in [0.3, 0.4) is 0 Å². The number of nitrogens with two attached hydrogens (primary N) is 1. The fourth-order valence-electron chi connectivity index (χ4n) is 2.65. The van der Waals surface area contributed by atoms with Gasteiger partial charge in [-0.3, -0.25) is 0 Å². The molecule has 0 unspecified atom stereocenters. The van der Waals surface area contributed by atoms with Crippen LogP contribution in [0.15, 0.2) is 36.4 Å². The molecule has 1 aliphatic rings. The average molecular weight is 241 g/mol. The van der Waals surface area contributed by atoms with Crippen molar-refractivity contribution in [1.29, 1.82) is 0 Å². The number of benzene rings is 2. The van der Waals surface area contributed by atoms with Crippen LogP contribution in [-0.2, 0) is 0 Å². The number of ether oxygens (including phenoxy) is 1. The Morgan fingerprint density at radius 3 is 2.50 bits per heavy atom. The molecule has 1 aliphatic carbocycles. The molecule has 2 nitrogen and oxygen atoms in total. The molecule has 0 aliphatic heterocycles. The third kappa shape index (κ3) is 1.97. The average Bonchev–Trinajstić information content (AvgIpc) is 2.35. The molecule has 2 N–H and O–H groups in total. The highest BCUT2D eigenvalue weighted by atomic mass is 16.5. The van der Waals surface area contributed by atoms with E-state index in [0.717, 1.165) is 5.75 Å². The molecule has 94 valence electrons. The van der Waals surface area contributed by atoms with E-state index >= 15 is 0 Å². The second-order valence-corrected chi connectivity index (χ2v) is 5.19. The van der Waals surface area contributed by atoms with E-state index in [4.69, 9.17) is 10.5 Å². The Morgan fingerprint density at radius 2 is 1.83 bits per heavy atom. The van der Waals surface area contributed by atoms with Gasteiger partial charge < -0.3 is 10.5 Å². The molecule has 0 bridgehead atoms. The van der Waals surface area contributed by atoms with E-state index in [1.54, 1.807) is 7.11 Å². The predicted octanol–water partition coefficient (Wildman–Crippen LogP) is 3.65.